The molecule has 0 fully saturated rings. The minimum atomic E-state index is -0.332. The molecule has 0 saturated carbocycles. The van der Waals surface area contributed by atoms with Gasteiger partial charge in [0.15, 0.2) is 11.5 Å². The van der Waals surface area contributed by atoms with Gasteiger partial charge in [-0.25, -0.2) is 0 Å². The highest BCUT2D eigenvalue weighted by Gasteiger charge is 2.32. The molecule has 0 unspecified atom stereocenters. The molecule has 31 heavy (non-hydrogen) atoms. The van der Waals surface area contributed by atoms with Crippen molar-refractivity contribution in [3.63, 3.8) is 0 Å². The Labute approximate surface area is 184 Å². The molecule has 2 aromatic carbocycles. The second-order valence-electron chi connectivity index (χ2n) is 7.65. The number of ether oxygens (including phenoxy) is 3. The summed E-state index contributed by atoms with van der Waals surface area (Å²) in [5.41, 5.74) is 1.67. The molecule has 1 amide bonds. The number of halogens is 1. The number of rotatable bonds is 7. The number of nitrogens with one attached hydrogen (secondary N) is 1. The molecule has 0 saturated heterocycles. The Hall–Kier alpha value is -3.33. The van der Waals surface area contributed by atoms with E-state index in [0.29, 0.717) is 34.3 Å². The quantitative estimate of drug-likeness (QED) is 0.560. The summed E-state index contributed by atoms with van der Waals surface area (Å²) in [6.07, 6.45) is 2.24. The van der Waals surface area contributed by atoms with Crippen molar-refractivity contribution < 1.29 is 19.0 Å². The van der Waals surface area contributed by atoms with Crippen molar-refractivity contribution in [1.82, 2.24) is 25.5 Å². The van der Waals surface area contributed by atoms with E-state index in [0.717, 1.165) is 17.7 Å². The van der Waals surface area contributed by atoms with Crippen LogP contribution in [-0.4, -0.2) is 52.0 Å². The Morgan fingerprint density at radius 2 is 2.16 bits per heavy atom. The summed E-state index contributed by atoms with van der Waals surface area (Å²) in [5.74, 6) is 1.46. The van der Waals surface area contributed by atoms with Gasteiger partial charge < -0.3 is 19.5 Å². The second-order valence-corrected chi connectivity index (χ2v) is 8.05. The first-order valence-corrected chi connectivity index (χ1v) is 10.1. The molecule has 4 rings (SSSR count). The molecule has 0 spiro atoms. The van der Waals surface area contributed by atoms with Crippen molar-refractivity contribution in [1.29, 1.82) is 0 Å². The Balaban J connectivity index is 1.39. The molecule has 1 aliphatic rings. The molecule has 1 aromatic heterocycles. The third-order valence-electron chi connectivity index (χ3n) is 4.81. The van der Waals surface area contributed by atoms with Gasteiger partial charge in [0.25, 0.3) is 5.91 Å². The largest absolute Gasteiger partial charge is 0.496 e. The summed E-state index contributed by atoms with van der Waals surface area (Å²) < 4.78 is 18.6. The van der Waals surface area contributed by atoms with Crippen molar-refractivity contribution in [3.05, 3.63) is 52.8 Å². The van der Waals surface area contributed by atoms with Crippen LogP contribution in [0.5, 0.6) is 17.2 Å². The molecule has 0 bridgehead atoms. The molecule has 3 aromatic rings. The maximum absolute atomic E-state index is 12.7. The highest BCUT2D eigenvalue weighted by Crippen LogP contribution is 2.41. The van der Waals surface area contributed by atoms with Crippen molar-refractivity contribution in [2.45, 2.75) is 25.9 Å². The number of benzene rings is 2. The number of amides is 1. The molecule has 0 atom stereocenters. The van der Waals surface area contributed by atoms with Crippen LogP contribution in [-0.2, 0) is 6.42 Å². The normalized spacial score (nSPS) is 13.9. The Kier molecular flexibility index (Phi) is 5.69. The molecule has 10 heteroatoms. The van der Waals surface area contributed by atoms with E-state index in [2.05, 4.69) is 20.8 Å². The van der Waals surface area contributed by atoms with E-state index in [1.165, 1.54) is 24.2 Å². The monoisotopic (exact) mass is 443 g/mol. The van der Waals surface area contributed by atoms with E-state index in [-0.39, 0.29) is 18.1 Å². The number of fused-ring (bicyclic) bond motifs is 1. The van der Waals surface area contributed by atoms with Crippen LogP contribution in [0, 0.1) is 0 Å². The lowest BCUT2D eigenvalue weighted by Gasteiger charge is -2.18. The summed E-state index contributed by atoms with van der Waals surface area (Å²) in [4.78, 5) is 12.7. The SMILES string of the molecule is COc1cc(-n2cnnn2)c(Cl)cc1C(=O)NCCOc1cccc2c1OC(C)(C)C2. The van der Waals surface area contributed by atoms with Crippen molar-refractivity contribution in [2.24, 2.45) is 0 Å². The van der Waals surface area contributed by atoms with Gasteiger partial charge in [0, 0.05) is 18.1 Å². The number of tetrazole rings is 1. The molecular weight excluding hydrogens is 422 g/mol. The highest BCUT2D eigenvalue weighted by atomic mass is 35.5. The summed E-state index contributed by atoms with van der Waals surface area (Å²) in [6.45, 7) is 4.66. The number of hydrogen-bond acceptors (Lipinski definition) is 7. The molecule has 1 aliphatic heterocycles. The molecule has 2 heterocycles. The van der Waals surface area contributed by atoms with Gasteiger partial charge in [0.1, 0.15) is 24.3 Å². The molecule has 0 aliphatic carbocycles. The summed E-state index contributed by atoms with van der Waals surface area (Å²) in [5, 5.41) is 14.1. The van der Waals surface area contributed by atoms with Gasteiger partial charge in [-0.3, -0.25) is 4.79 Å². The summed E-state index contributed by atoms with van der Waals surface area (Å²) in [7, 11) is 1.48. The van der Waals surface area contributed by atoms with Crippen molar-refractivity contribution >= 4 is 17.5 Å². The number of carbonyl (C=O) groups is 1. The van der Waals surface area contributed by atoms with E-state index in [1.54, 1.807) is 6.07 Å². The van der Waals surface area contributed by atoms with Crippen LogP contribution >= 0.6 is 11.6 Å². The van der Waals surface area contributed by atoms with Crippen LogP contribution in [0.2, 0.25) is 5.02 Å². The molecule has 162 valence electrons. The number of methoxy groups -OCH3 is 1. The minimum absolute atomic E-state index is 0.250. The number of hydrogen-bond donors (Lipinski definition) is 1. The third kappa shape index (κ3) is 4.41. The van der Waals surface area contributed by atoms with Crippen LogP contribution < -0.4 is 19.5 Å². The summed E-state index contributed by atoms with van der Waals surface area (Å²) >= 11 is 6.32. The van der Waals surface area contributed by atoms with E-state index in [9.17, 15) is 4.79 Å². The smallest absolute Gasteiger partial charge is 0.255 e. The first-order valence-electron chi connectivity index (χ1n) is 9.71. The van der Waals surface area contributed by atoms with E-state index < -0.39 is 0 Å². The molecule has 0 radical (unpaired) electrons. The Morgan fingerprint density at radius 3 is 2.90 bits per heavy atom. The lowest BCUT2D eigenvalue weighted by Crippen LogP contribution is -2.28. The van der Waals surface area contributed by atoms with Crippen molar-refractivity contribution in [2.75, 3.05) is 20.3 Å². The average molecular weight is 444 g/mol. The molecular formula is C21H22ClN5O4. The van der Waals surface area contributed by atoms with E-state index in [4.69, 9.17) is 25.8 Å². The number of aromatic nitrogens is 4. The zero-order valence-corrected chi connectivity index (χ0v) is 18.1. The maximum Gasteiger partial charge on any atom is 0.255 e. The van der Waals surface area contributed by atoms with Gasteiger partial charge in [-0.05, 0) is 36.4 Å². The molecule has 1 N–H and O–H groups in total. The third-order valence-corrected chi connectivity index (χ3v) is 5.11. The van der Waals surface area contributed by atoms with Gasteiger partial charge in [-0.2, -0.15) is 4.68 Å². The van der Waals surface area contributed by atoms with Crippen LogP contribution in [0.25, 0.3) is 5.69 Å². The second kappa shape index (κ2) is 8.43. The minimum Gasteiger partial charge on any atom is -0.496 e. The van der Waals surface area contributed by atoms with Gasteiger partial charge >= 0.3 is 0 Å². The van der Waals surface area contributed by atoms with Gasteiger partial charge in [-0.15, -0.1) is 5.10 Å². The van der Waals surface area contributed by atoms with Gasteiger partial charge in [-0.1, -0.05) is 23.7 Å². The van der Waals surface area contributed by atoms with E-state index >= 15 is 0 Å². The number of nitrogens with zero attached hydrogens (tertiary/aromatic N) is 4. The van der Waals surface area contributed by atoms with Crippen LogP contribution in [0.4, 0.5) is 0 Å². The number of carbonyl (C=O) groups excluding carboxylic acids is 1. The Morgan fingerprint density at radius 1 is 1.32 bits per heavy atom. The average Bonchev–Trinajstić information content (AvgIpc) is 3.37. The predicted molar refractivity (Wildman–Crippen MR) is 113 cm³/mol. The first kappa shape index (κ1) is 20.9. The van der Waals surface area contributed by atoms with Gasteiger partial charge in [0.05, 0.1) is 29.9 Å². The maximum atomic E-state index is 12.7. The topological polar surface area (TPSA) is 100 Å². The van der Waals surface area contributed by atoms with E-state index in [1.807, 2.05) is 32.0 Å². The number of para-hydroxylation sites is 1. The lowest BCUT2D eigenvalue weighted by atomic mass is 10.0. The van der Waals surface area contributed by atoms with Gasteiger partial charge in [0.2, 0.25) is 0 Å². The zero-order chi connectivity index (χ0) is 22.0. The Bertz CT molecular complexity index is 1100. The highest BCUT2D eigenvalue weighted by molar-refractivity contribution is 6.33. The van der Waals surface area contributed by atoms with Crippen molar-refractivity contribution in [3.8, 4) is 22.9 Å². The lowest BCUT2D eigenvalue weighted by molar-refractivity contribution is 0.0943. The fourth-order valence-corrected chi connectivity index (χ4v) is 3.71. The zero-order valence-electron chi connectivity index (χ0n) is 17.4. The predicted octanol–water partition coefficient (Wildman–Crippen LogP) is 2.85. The standard InChI is InChI=1S/C21H22ClN5O4/c1-21(2)11-13-5-4-6-17(19(13)31-21)30-8-7-23-20(28)14-9-15(22)16(10-18(14)29-3)27-12-24-25-26-27/h4-6,9-10,12H,7-8,11H2,1-3H3,(H,23,28). The fraction of sp³-hybridized carbons (Fsp3) is 0.333. The first-order chi connectivity index (χ1) is 14.9. The fourth-order valence-electron chi connectivity index (χ4n) is 3.46. The van der Waals surface area contributed by atoms with Crippen LogP contribution in [0.3, 0.4) is 0 Å². The summed E-state index contributed by atoms with van der Waals surface area (Å²) in [6, 6.07) is 8.97. The van der Waals surface area contributed by atoms with Crippen LogP contribution in [0.1, 0.15) is 29.8 Å². The molecule has 9 nitrogen and oxygen atoms in total. The van der Waals surface area contributed by atoms with Crippen LogP contribution in [0.15, 0.2) is 36.7 Å².